The largest absolute Gasteiger partial charge is 0.481 e. The Labute approximate surface area is 111 Å². The van der Waals surface area contributed by atoms with Crippen LogP contribution in [0.2, 0.25) is 0 Å². The number of rotatable bonds is 3. The molecule has 1 N–H and O–H groups in total. The van der Waals surface area contributed by atoms with Crippen LogP contribution in [0, 0.1) is 0 Å². The molecule has 0 fully saturated rings. The summed E-state index contributed by atoms with van der Waals surface area (Å²) in [6, 6.07) is 7.58. The smallest absolute Gasteiger partial charge is 0.416 e. The third-order valence-corrected chi connectivity index (χ3v) is 3.58. The monoisotopic (exact) mass is 286 g/mol. The quantitative estimate of drug-likeness (QED) is 0.926. The van der Waals surface area contributed by atoms with Crippen LogP contribution in [0.25, 0.3) is 0 Å². The van der Waals surface area contributed by atoms with Crippen LogP contribution in [0.3, 0.4) is 0 Å². The molecule has 2 aromatic rings. The van der Waals surface area contributed by atoms with Gasteiger partial charge in [0.2, 0.25) is 0 Å². The van der Waals surface area contributed by atoms with Crippen LogP contribution in [-0.4, -0.2) is 11.1 Å². The van der Waals surface area contributed by atoms with Gasteiger partial charge in [-0.3, -0.25) is 4.79 Å². The third kappa shape index (κ3) is 2.96. The van der Waals surface area contributed by atoms with Gasteiger partial charge >= 0.3 is 12.1 Å². The first kappa shape index (κ1) is 13.6. The molecular formula is C13H9F3O2S. The van der Waals surface area contributed by atoms with Crippen molar-refractivity contribution in [2.24, 2.45) is 0 Å². The molecule has 2 nitrogen and oxygen atoms in total. The van der Waals surface area contributed by atoms with Gasteiger partial charge in [-0.2, -0.15) is 13.2 Å². The van der Waals surface area contributed by atoms with Crippen LogP contribution >= 0.6 is 11.3 Å². The van der Waals surface area contributed by atoms with Crippen molar-refractivity contribution in [2.75, 3.05) is 0 Å². The number of carboxylic acid groups (broad SMARTS) is 1. The lowest BCUT2D eigenvalue weighted by molar-refractivity contribution is -0.138. The Balaban J connectivity index is 2.37. The predicted octanol–water partition coefficient (Wildman–Crippen LogP) is 3.98. The highest BCUT2D eigenvalue weighted by molar-refractivity contribution is 7.10. The van der Waals surface area contributed by atoms with Crippen molar-refractivity contribution >= 4 is 17.3 Å². The second-order valence-corrected chi connectivity index (χ2v) is 4.89. The minimum Gasteiger partial charge on any atom is -0.481 e. The molecule has 0 aliphatic heterocycles. The van der Waals surface area contributed by atoms with Gasteiger partial charge in [0, 0.05) is 4.88 Å². The normalized spacial score (nSPS) is 13.2. The standard InChI is InChI=1S/C13H9F3O2S/c14-13(15,16)9-5-3-8(4-6-9)11(12(17)18)10-2-1-7-19-10/h1-7,11H,(H,17,18)/t11-/m1/s1. The first-order valence-electron chi connectivity index (χ1n) is 5.33. The second-order valence-electron chi connectivity index (χ2n) is 3.91. The molecule has 1 aromatic heterocycles. The van der Waals surface area contributed by atoms with Crippen LogP contribution in [0.4, 0.5) is 13.2 Å². The SMILES string of the molecule is O=C(O)[C@H](c1ccc(C(F)(F)F)cc1)c1cccs1. The number of carbonyl (C=O) groups is 1. The van der Waals surface area contributed by atoms with E-state index in [9.17, 15) is 23.1 Å². The van der Waals surface area contributed by atoms with Gasteiger partial charge < -0.3 is 5.11 Å². The molecule has 0 unspecified atom stereocenters. The highest BCUT2D eigenvalue weighted by Gasteiger charge is 2.31. The fourth-order valence-electron chi connectivity index (χ4n) is 1.75. The number of thiophene rings is 1. The lowest BCUT2D eigenvalue weighted by atomic mass is 9.96. The van der Waals surface area contributed by atoms with Gasteiger partial charge in [-0.25, -0.2) is 0 Å². The Morgan fingerprint density at radius 1 is 1.16 bits per heavy atom. The lowest BCUT2D eigenvalue weighted by Gasteiger charge is -2.12. The van der Waals surface area contributed by atoms with E-state index in [1.54, 1.807) is 17.5 Å². The number of alkyl halides is 3. The number of hydrogen-bond acceptors (Lipinski definition) is 2. The third-order valence-electron chi connectivity index (χ3n) is 2.65. The van der Waals surface area contributed by atoms with Crippen LogP contribution in [-0.2, 0) is 11.0 Å². The zero-order chi connectivity index (χ0) is 14.0. The molecule has 100 valence electrons. The summed E-state index contributed by atoms with van der Waals surface area (Å²) in [4.78, 5) is 11.9. The van der Waals surface area contributed by atoms with Crippen LogP contribution in [0.1, 0.15) is 21.9 Å². The fourth-order valence-corrected chi connectivity index (χ4v) is 2.59. The van der Waals surface area contributed by atoms with E-state index in [1.165, 1.54) is 23.5 Å². The molecule has 19 heavy (non-hydrogen) atoms. The van der Waals surface area contributed by atoms with Crippen LogP contribution in [0.15, 0.2) is 41.8 Å². The van der Waals surface area contributed by atoms with Gasteiger partial charge in [0.15, 0.2) is 0 Å². The summed E-state index contributed by atoms with van der Waals surface area (Å²) < 4.78 is 37.3. The zero-order valence-corrected chi connectivity index (χ0v) is 10.3. The van der Waals surface area contributed by atoms with E-state index in [0.717, 1.165) is 12.1 Å². The maximum absolute atomic E-state index is 12.4. The fraction of sp³-hybridized carbons (Fsp3) is 0.154. The number of halogens is 3. The summed E-state index contributed by atoms with van der Waals surface area (Å²) in [7, 11) is 0. The van der Waals surface area contributed by atoms with E-state index >= 15 is 0 Å². The van der Waals surface area contributed by atoms with E-state index in [0.29, 0.717) is 10.4 Å². The van der Waals surface area contributed by atoms with Gasteiger partial charge in [-0.1, -0.05) is 18.2 Å². The Bertz CT molecular complexity index is 559. The summed E-state index contributed by atoms with van der Waals surface area (Å²) in [5.74, 6) is -2.01. The summed E-state index contributed by atoms with van der Waals surface area (Å²) in [5, 5.41) is 10.9. The molecule has 0 aliphatic carbocycles. The summed E-state index contributed by atoms with van der Waals surface area (Å²) in [6.07, 6.45) is -4.42. The van der Waals surface area contributed by atoms with Crippen molar-refractivity contribution in [3.63, 3.8) is 0 Å². The Morgan fingerprint density at radius 3 is 2.21 bits per heavy atom. The van der Waals surface area contributed by atoms with Crippen molar-refractivity contribution in [1.82, 2.24) is 0 Å². The van der Waals surface area contributed by atoms with Crippen molar-refractivity contribution in [1.29, 1.82) is 0 Å². The summed E-state index contributed by atoms with van der Waals surface area (Å²) in [6.45, 7) is 0. The Hall–Kier alpha value is -1.82. The number of carboxylic acids is 1. The molecule has 0 amide bonds. The molecule has 1 heterocycles. The summed E-state index contributed by atoms with van der Waals surface area (Å²) in [5.41, 5.74) is -0.450. The van der Waals surface area contributed by atoms with Gasteiger partial charge in [0.1, 0.15) is 5.92 Å². The molecule has 1 atom stereocenters. The molecule has 2 rings (SSSR count). The van der Waals surface area contributed by atoms with Crippen molar-refractivity contribution in [3.8, 4) is 0 Å². The molecule has 0 spiro atoms. The summed E-state index contributed by atoms with van der Waals surface area (Å²) >= 11 is 1.26. The molecule has 1 aromatic carbocycles. The maximum Gasteiger partial charge on any atom is 0.416 e. The molecular weight excluding hydrogens is 277 g/mol. The van der Waals surface area contributed by atoms with E-state index in [4.69, 9.17) is 0 Å². The highest BCUT2D eigenvalue weighted by Crippen LogP contribution is 2.33. The zero-order valence-electron chi connectivity index (χ0n) is 9.52. The minimum absolute atomic E-state index is 0.336. The van der Waals surface area contributed by atoms with Gasteiger partial charge in [0.25, 0.3) is 0 Å². The van der Waals surface area contributed by atoms with E-state index in [-0.39, 0.29) is 0 Å². The predicted molar refractivity (Wildman–Crippen MR) is 65.2 cm³/mol. The molecule has 0 radical (unpaired) electrons. The minimum atomic E-state index is -4.42. The average Bonchev–Trinajstić information content (AvgIpc) is 2.82. The maximum atomic E-state index is 12.4. The molecule has 0 aliphatic rings. The molecule has 0 saturated heterocycles. The average molecular weight is 286 g/mol. The first-order chi connectivity index (χ1) is 8.89. The van der Waals surface area contributed by atoms with Gasteiger partial charge in [0.05, 0.1) is 5.56 Å². The van der Waals surface area contributed by atoms with E-state index in [1.807, 2.05) is 0 Å². The number of aliphatic carboxylic acids is 1. The lowest BCUT2D eigenvalue weighted by Crippen LogP contribution is -2.12. The van der Waals surface area contributed by atoms with E-state index < -0.39 is 23.6 Å². The molecule has 0 bridgehead atoms. The first-order valence-corrected chi connectivity index (χ1v) is 6.21. The van der Waals surface area contributed by atoms with Crippen molar-refractivity contribution in [3.05, 3.63) is 57.8 Å². The van der Waals surface area contributed by atoms with Gasteiger partial charge in [-0.05, 0) is 29.1 Å². The second kappa shape index (κ2) is 5.05. The number of hydrogen-bond donors (Lipinski definition) is 1. The highest BCUT2D eigenvalue weighted by atomic mass is 32.1. The Kier molecular flexibility index (Phi) is 3.61. The van der Waals surface area contributed by atoms with Crippen molar-refractivity contribution < 1.29 is 23.1 Å². The van der Waals surface area contributed by atoms with Crippen LogP contribution in [0.5, 0.6) is 0 Å². The van der Waals surface area contributed by atoms with E-state index in [2.05, 4.69) is 0 Å². The Morgan fingerprint density at radius 2 is 1.79 bits per heavy atom. The molecule has 6 heteroatoms. The van der Waals surface area contributed by atoms with Gasteiger partial charge in [-0.15, -0.1) is 11.3 Å². The van der Waals surface area contributed by atoms with Crippen LogP contribution < -0.4 is 0 Å². The number of benzene rings is 1. The topological polar surface area (TPSA) is 37.3 Å². The molecule has 0 saturated carbocycles. The van der Waals surface area contributed by atoms with Crippen molar-refractivity contribution in [2.45, 2.75) is 12.1 Å².